The maximum atomic E-state index is 12.5. The van der Waals surface area contributed by atoms with Crippen molar-refractivity contribution >= 4 is 18.2 Å². The fourth-order valence-corrected chi connectivity index (χ4v) is 4.66. The number of rotatable bonds is 15. The Morgan fingerprint density at radius 3 is 2.30 bits per heavy atom. The second-order valence-electron chi connectivity index (χ2n) is 10.3. The van der Waals surface area contributed by atoms with E-state index < -0.39 is 24.3 Å². The van der Waals surface area contributed by atoms with Gasteiger partial charge in [0.2, 0.25) is 0 Å². The maximum absolute atomic E-state index is 12.5. The molecule has 0 radical (unpaired) electrons. The van der Waals surface area contributed by atoms with Gasteiger partial charge >= 0.3 is 12.0 Å². The van der Waals surface area contributed by atoms with E-state index in [1.165, 1.54) is 12.7 Å². The molecule has 0 spiro atoms. The van der Waals surface area contributed by atoms with Crippen LogP contribution in [0.3, 0.4) is 0 Å². The number of aryl methyl sites for hydroxylation is 1. The van der Waals surface area contributed by atoms with Crippen molar-refractivity contribution in [2.75, 3.05) is 26.9 Å². The molecule has 12 heteroatoms. The van der Waals surface area contributed by atoms with E-state index in [0.717, 1.165) is 11.1 Å². The van der Waals surface area contributed by atoms with Gasteiger partial charge in [-0.1, -0.05) is 35.9 Å². The van der Waals surface area contributed by atoms with Crippen LogP contribution in [0.25, 0.3) is 0 Å². The molecule has 0 unspecified atom stereocenters. The van der Waals surface area contributed by atoms with Crippen LogP contribution in [0.1, 0.15) is 49.1 Å². The smallest absolute Gasteiger partial charge is 0.337 e. The molecule has 244 valence electrons. The van der Waals surface area contributed by atoms with Crippen molar-refractivity contribution in [1.82, 2.24) is 16.1 Å². The molecule has 0 saturated heterocycles. The Bertz CT molecular complexity index is 1570. The molecule has 1 heterocycles. The highest BCUT2D eigenvalue weighted by atomic mass is 16.5. The minimum atomic E-state index is -1.14. The molecular formula is C34H40N4O8. The average Bonchev–Trinajstić information content (AvgIpc) is 3.04. The Labute approximate surface area is 268 Å². The van der Waals surface area contributed by atoms with Gasteiger partial charge in [0.1, 0.15) is 13.2 Å². The second-order valence-corrected chi connectivity index (χ2v) is 10.3. The summed E-state index contributed by atoms with van der Waals surface area (Å²) in [6.07, 6.45) is 0.409. The molecule has 3 aromatic carbocycles. The molecule has 3 aromatic rings. The van der Waals surface area contributed by atoms with Crippen molar-refractivity contribution < 1.29 is 38.4 Å². The largest absolute Gasteiger partial charge is 0.490 e. The number of benzene rings is 3. The Balaban J connectivity index is 1.37. The average molecular weight is 633 g/mol. The normalized spacial score (nSPS) is 15.1. The van der Waals surface area contributed by atoms with Gasteiger partial charge in [-0.2, -0.15) is 5.10 Å². The van der Waals surface area contributed by atoms with Crippen LogP contribution in [0.2, 0.25) is 0 Å². The highest BCUT2D eigenvalue weighted by Crippen LogP contribution is 2.35. The number of methoxy groups -OCH3 is 1. The summed E-state index contributed by atoms with van der Waals surface area (Å²) in [5.41, 5.74) is 6.88. The Hall–Kier alpha value is -5.23. The highest BCUT2D eigenvalue weighted by Gasteiger charge is 2.32. The molecule has 4 rings (SSSR count). The van der Waals surface area contributed by atoms with Gasteiger partial charge in [0.25, 0.3) is 0 Å². The maximum Gasteiger partial charge on any atom is 0.337 e. The number of nitrogens with zero attached hydrogens (tertiary/aromatic N) is 1. The third-order valence-electron chi connectivity index (χ3n) is 6.89. The first kappa shape index (κ1) is 33.7. The fraction of sp³-hybridized carbons (Fsp3) is 0.324. The van der Waals surface area contributed by atoms with E-state index in [1.807, 2.05) is 63.2 Å². The van der Waals surface area contributed by atoms with Crippen molar-refractivity contribution in [2.24, 2.45) is 5.10 Å². The summed E-state index contributed by atoms with van der Waals surface area (Å²) in [6, 6.07) is 17.4. The van der Waals surface area contributed by atoms with E-state index in [9.17, 15) is 14.7 Å². The zero-order valence-electron chi connectivity index (χ0n) is 26.6. The number of esters is 1. The number of carbonyl (C=O) groups is 2. The Morgan fingerprint density at radius 2 is 1.61 bits per heavy atom. The van der Waals surface area contributed by atoms with E-state index in [0.29, 0.717) is 54.1 Å². The first-order chi connectivity index (χ1) is 22.2. The molecule has 0 aliphatic carbocycles. The van der Waals surface area contributed by atoms with Crippen molar-refractivity contribution in [3.63, 3.8) is 0 Å². The van der Waals surface area contributed by atoms with Gasteiger partial charge < -0.3 is 39.4 Å². The summed E-state index contributed by atoms with van der Waals surface area (Å²) >= 11 is 0. The molecule has 46 heavy (non-hydrogen) atoms. The zero-order chi connectivity index (χ0) is 33.1. The number of hydrazone groups is 1. The topological polar surface area (TPSA) is 149 Å². The van der Waals surface area contributed by atoms with Crippen LogP contribution in [0.15, 0.2) is 77.0 Å². The van der Waals surface area contributed by atoms with Crippen molar-refractivity contribution in [3.05, 3.63) is 94.2 Å². The molecule has 0 bridgehead atoms. The number of aliphatic hydroxyl groups excluding tert-OH is 1. The van der Waals surface area contributed by atoms with Gasteiger partial charge in [0.05, 0.1) is 38.2 Å². The lowest BCUT2D eigenvalue weighted by molar-refractivity contribution is -0.136. The van der Waals surface area contributed by atoms with Gasteiger partial charge in [0.15, 0.2) is 29.2 Å². The quantitative estimate of drug-likeness (QED) is 0.0823. The molecule has 2 atom stereocenters. The monoisotopic (exact) mass is 632 g/mol. The molecule has 4 N–H and O–H groups in total. The molecule has 0 fully saturated rings. The predicted octanol–water partition coefficient (Wildman–Crippen LogP) is 4.49. The summed E-state index contributed by atoms with van der Waals surface area (Å²) < 4.78 is 28.3. The van der Waals surface area contributed by atoms with Crippen LogP contribution in [0.5, 0.6) is 23.0 Å². The third kappa shape index (κ3) is 8.91. The van der Waals surface area contributed by atoms with Gasteiger partial charge in [-0.3, -0.25) is 5.43 Å². The molecule has 2 amide bonds. The number of carbonyl (C=O) groups excluding carboxylic acids is 2. The molecule has 1 aliphatic heterocycles. The number of urea groups is 1. The summed E-state index contributed by atoms with van der Waals surface area (Å²) in [6.45, 7) is 8.45. The van der Waals surface area contributed by atoms with Crippen LogP contribution in [-0.2, 0) is 16.1 Å². The van der Waals surface area contributed by atoms with Crippen molar-refractivity contribution in [1.29, 1.82) is 0 Å². The second kappa shape index (κ2) is 16.2. The molecular weight excluding hydrogens is 592 g/mol. The highest BCUT2D eigenvalue weighted by molar-refractivity contribution is 5.95. The first-order valence-corrected chi connectivity index (χ1v) is 14.9. The summed E-state index contributed by atoms with van der Waals surface area (Å²) in [4.78, 5) is 24.6. The Morgan fingerprint density at radius 1 is 0.935 bits per heavy atom. The predicted molar refractivity (Wildman–Crippen MR) is 172 cm³/mol. The minimum absolute atomic E-state index is 0.150. The van der Waals surface area contributed by atoms with Crippen LogP contribution < -0.4 is 35.0 Å². The number of aliphatic hydroxyl groups is 1. The number of ether oxygens (including phenoxy) is 5. The third-order valence-corrected chi connectivity index (χ3v) is 6.89. The van der Waals surface area contributed by atoms with E-state index in [2.05, 4.69) is 21.2 Å². The van der Waals surface area contributed by atoms with Crippen LogP contribution >= 0.6 is 0 Å². The van der Waals surface area contributed by atoms with Crippen molar-refractivity contribution in [3.8, 4) is 23.0 Å². The van der Waals surface area contributed by atoms with Gasteiger partial charge in [-0.15, -0.1) is 0 Å². The van der Waals surface area contributed by atoms with Crippen LogP contribution in [0.4, 0.5) is 4.79 Å². The lowest BCUT2D eigenvalue weighted by Crippen LogP contribution is -2.45. The first-order valence-electron chi connectivity index (χ1n) is 14.9. The number of amides is 2. The number of allylic oxidation sites excluding steroid dienone is 1. The standard InChI is InChI=1S/C34H40N4O8/c1-6-43-28-16-24(12-14-26(28)45-19-23-10-8-21(3)9-11-23)18-35-38-30(39)20-46-27-15-13-25(17-29(27)44-7-2)32-31(33(40)42-5)22(4)36-34(41)37-32/h8-18,30,32,38-39H,6-7,19-20H2,1-5H3,(H2,36,37,41)/b35-18-/t30-,32-/m0/s1. The minimum Gasteiger partial charge on any atom is -0.490 e. The summed E-state index contributed by atoms with van der Waals surface area (Å²) in [5.74, 6) is 1.37. The zero-order valence-corrected chi connectivity index (χ0v) is 26.6. The Kier molecular flexibility index (Phi) is 11.8. The van der Waals surface area contributed by atoms with E-state index in [4.69, 9.17) is 23.7 Å². The lowest BCUT2D eigenvalue weighted by atomic mass is 9.95. The molecule has 12 nitrogen and oxygen atoms in total. The summed E-state index contributed by atoms with van der Waals surface area (Å²) in [5, 5.41) is 20.0. The van der Waals surface area contributed by atoms with Gasteiger partial charge in [-0.05, 0) is 74.7 Å². The van der Waals surface area contributed by atoms with Gasteiger partial charge in [0, 0.05) is 5.70 Å². The number of nitrogens with one attached hydrogen (secondary N) is 3. The van der Waals surface area contributed by atoms with Crippen molar-refractivity contribution in [2.45, 2.75) is 46.6 Å². The summed E-state index contributed by atoms with van der Waals surface area (Å²) in [7, 11) is 1.28. The van der Waals surface area contributed by atoms with Gasteiger partial charge in [-0.25, -0.2) is 9.59 Å². The SMILES string of the molecule is CCOc1cc(/C=N\N[C@@H](O)COc2ccc([C@@H]3NC(=O)NC(C)=C3C(=O)OC)cc2OCC)ccc1OCc1ccc(C)cc1. The van der Waals surface area contributed by atoms with E-state index >= 15 is 0 Å². The van der Waals surface area contributed by atoms with Crippen LogP contribution in [-0.4, -0.2) is 56.5 Å². The van der Waals surface area contributed by atoms with E-state index in [1.54, 1.807) is 31.3 Å². The number of hydrogen-bond acceptors (Lipinski definition) is 10. The van der Waals surface area contributed by atoms with E-state index in [-0.39, 0.29) is 12.2 Å². The molecule has 0 aromatic heterocycles. The number of hydrogen-bond donors (Lipinski definition) is 4. The lowest BCUT2D eigenvalue weighted by Gasteiger charge is -2.28. The fourth-order valence-electron chi connectivity index (χ4n) is 4.66. The molecule has 0 saturated carbocycles. The van der Waals surface area contributed by atoms with Crippen LogP contribution in [0, 0.1) is 6.92 Å². The molecule has 1 aliphatic rings.